The van der Waals surface area contributed by atoms with Crippen LogP contribution in [0.2, 0.25) is 15.1 Å². The largest absolute Gasteiger partial charge is 0.337 e. The van der Waals surface area contributed by atoms with Gasteiger partial charge in [-0.15, -0.1) is 0 Å². The number of piperidine rings is 1. The van der Waals surface area contributed by atoms with Crippen LogP contribution in [0.3, 0.4) is 0 Å². The number of amides is 2. The fraction of sp³-hybridized carbons (Fsp3) is 0.333. The first-order valence-corrected chi connectivity index (χ1v) is 12.1. The van der Waals surface area contributed by atoms with Crippen molar-refractivity contribution >= 4 is 46.6 Å². The SMILES string of the molecule is CCN(CC(=O)N1CCCCC1c1nc(-c2cccc(Cl)c2)no1)C(=O)c1ccc(Cl)cc1Cl. The van der Waals surface area contributed by atoms with Crippen molar-refractivity contribution in [2.45, 2.75) is 32.2 Å². The van der Waals surface area contributed by atoms with E-state index in [1.54, 1.807) is 29.2 Å². The first-order chi connectivity index (χ1) is 16.4. The van der Waals surface area contributed by atoms with Crippen LogP contribution in [-0.2, 0) is 4.79 Å². The minimum atomic E-state index is -0.352. The van der Waals surface area contributed by atoms with Crippen LogP contribution >= 0.6 is 34.8 Å². The highest BCUT2D eigenvalue weighted by Gasteiger charge is 2.33. The maximum Gasteiger partial charge on any atom is 0.255 e. The normalized spacial score (nSPS) is 15.9. The Morgan fingerprint density at radius 3 is 2.65 bits per heavy atom. The second-order valence-corrected chi connectivity index (χ2v) is 9.29. The molecular formula is C24H23Cl3N4O3. The van der Waals surface area contributed by atoms with Gasteiger partial charge >= 0.3 is 0 Å². The maximum absolute atomic E-state index is 13.3. The minimum absolute atomic E-state index is 0.0833. The van der Waals surface area contributed by atoms with Gasteiger partial charge in [0, 0.05) is 28.7 Å². The van der Waals surface area contributed by atoms with Gasteiger partial charge in [-0.3, -0.25) is 9.59 Å². The predicted octanol–water partition coefficient (Wildman–Crippen LogP) is 5.91. The number of hydrogen-bond acceptors (Lipinski definition) is 5. The Bertz CT molecular complexity index is 1200. The molecule has 1 aliphatic rings. The zero-order chi connectivity index (χ0) is 24.2. The summed E-state index contributed by atoms with van der Waals surface area (Å²) in [4.78, 5) is 34.1. The molecule has 178 valence electrons. The molecule has 0 saturated carbocycles. The van der Waals surface area contributed by atoms with Crippen LogP contribution in [0.1, 0.15) is 48.5 Å². The number of benzene rings is 2. The predicted molar refractivity (Wildman–Crippen MR) is 131 cm³/mol. The van der Waals surface area contributed by atoms with Gasteiger partial charge in [0.1, 0.15) is 12.6 Å². The molecule has 0 radical (unpaired) electrons. The number of carbonyl (C=O) groups is 2. The van der Waals surface area contributed by atoms with E-state index in [0.717, 1.165) is 18.4 Å². The van der Waals surface area contributed by atoms with Gasteiger partial charge in [0.25, 0.3) is 5.91 Å². The Kier molecular flexibility index (Phi) is 7.76. The van der Waals surface area contributed by atoms with E-state index < -0.39 is 0 Å². The topological polar surface area (TPSA) is 79.5 Å². The summed E-state index contributed by atoms with van der Waals surface area (Å²) in [7, 11) is 0. The minimum Gasteiger partial charge on any atom is -0.337 e. The van der Waals surface area contributed by atoms with Crippen LogP contribution in [0.25, 0.3) is 11.4 Å². The lowest BCUT2D eigenvalue weighted by atomic mass is 10.0. The lowest BCUT2D eigenvalue weighted by molar-refractivity contribution is -0.136. The van der Waals surface area contributed by atoms with E-state index in [-0.39, 0.29) is 29.4 Å². The number of nitrogens with zero attached hydrogens (tertiary/aromatic N) is 4. The average Bonchev–Trinajstić information content (AvgIpc) is 3.32. The van der Waals surface area contributed by atoms with Gasteiger partial charge in [-0.05, 0) is 56.5 Å². The van der Waals surface area contributed by atoms with Crippen molar-refractivity contribution in [2.24, 2.45) is 0 Å². The fourth-order valence-electron chi connectivity index (χ4n) is 4.02. The van der Waals surface area contributed by atoms with E-state index in [1.165, 1.54) is 11.0 Å². The number of carbonyl (C=O) groups excluding carboxylic acids is 2. The van der Waals surface area contributed by atoms with Gasteiger partial charge < -0.3 is 14.3 Å². The zero-order valence-corrected chi connectivity index (χ0v) is 20.8. The third kappa shape index (κ3) is 5.37. The molecule has 0 bridgehead atoms. The summed E-state index contributed by atoms with van der Waals surface area (Å²) >= 11 is 18.2. The van der Waals surface area contributed by atoms with Crippen molar-refractivity contribution in [3.8, 4) is 11.4 Å². The Morgan fingerprint density at radius 2 is 1.91 bits per heavy atom. The summed E-state index contributed by atoms with van der Waals surface area (Å²) in [6.07, 6.45) is 2.49. The molecule has 3 aromatic rings. The molecule has 10 heteroatoms. The van der Waals surface area contributed by atoms with Gasteiger partial charge in [0.2, 0.25) is 17.6 Å². The molecule has 1 aliphatic heterocycles. The van der Waals surface area contributed by atoms with Gasteiger partial charge in [-0.2, -0.15) is 4.98 Å². The van der Waals surface area contributed by atoms with Gasteiger partial charge in [0.15, 0.2) is 0 Å². The Hall–Kier alpha value is -2.61. The molecule has 0 aliphatic carbocycles. The average molecular weight is 522 g/mol. The monoisotopic (exact) mass is 520 g/mol. The molecule has 4 rings (SSSR count). The Balaban J connectivity index is 1.51. The van der Waals surface area contributed by atoms with E-state index >= 15 is 0 Å². The summed E-state index contributed by atoms with van der Waals surface area (Å²) in [6.45, 7) is 2.63. The van der Waals surface area contributed by atoms with Gasteiger partial charge in [-0.25, -0.2) is 0 Å². The first-order valence-electron chi connectivity index (χ1n) is 11.0. The number of rotatable bonds is 6. The van der Waals surface area contributed by atoms with E-state index in [9.17, 15) is 9.59 Å². The van der Waals surface area contributed by atoms with Crippen molar-refractivity contribution in [1.29, 1.82) is 0 Å². The van der Waals surface area contributed by atoms with Crippen molar-refractivity contribution in [3.63, 3.8) is 0 Å². The molecular weight excluding hydrogens is 499 g/mol. The number of likely N-dealkylation sites (tertiary alicyclic amines) is 1. The first kappa shape index (κ1) is 24.5. The molecule has 1 aromatic heterocycles. The van der Waals surface area contributed by atoms with Crippen molar-refractivity contribution in [3.05, 3.63) is 69.0 Å². The van der Waals surface area contributed by atoms with Gasteiger partial charge in [0.05, 0.1) is 10.6 Å². The molecule has 1 fully saturated rings. The second-order valence-electron chi connectivity index (χ2n) is 8.01. The zero-order valence-electron chi connectivity index (χ0n) is 18.5. The van der Waals surface area contributed by atoms with Crippen LogP contribution in [0.15, 0.2) is 47.0 Å². The molecule has 0 spiro atoms. The van der Waals surface area contributed by atoms with Crippen LogP contribution in [0.4, 0.5) is 0 Å². The van der Waals surface area contributed by atoms with Gasteiger partial charge in [-0.1, -0.05) is 52.1 Å². The smallest absolute Gasteiger partial charge is 0.255 e. The molecule has 34 heavy (non-hydrogen) atoms. The fourth-order valence-corrected chi connectivity index (χ4v) is 4.70. The molecule has 1 atom stereocenters. The number of halogens is 3. The van der Waals surface area contributed by atoms with Crippen LogP contribution in [0.5, 0.6) is 0 Å². The summed E-state index contributed by atoms with van der Waals surface area (Å²) in [5, 5.41) is 5.35. The van der Waals surface area contributed by atoms with Crippen molar-refractivity contribution in [2.75, 3.05) is 19.6 Å². The van der Waals surface area contributed by atoms with E-state index in [1.807, 2.05) is 19.1 Å². The highest BCUT2D eigenvalue weighted by Crippen LogP contribution is 2.32. The summed E-state index contributed by atoms with van der Waals surface area (Å²) in [6, 6.07) is 11.5. The maximum atomic E-state index is 13.3. The number of hydrogen-bond donors (Lipinski definition) is 0. The molecule has 7 nitrogen and oxygen atoms in total. The third-order valence-corrected chi connectivity index (χ3v) is 6.57. The van der Waals surface area contributed by atoms with Crippen molar-refractivity contribution in [1.82, 2.24) is 19.9 Å². The highest BCUT2D eigenvalue weighted by molar-refractivity contribution is 6.36. The standard InChI is InChI=1S/C24H23Cl3N4O3/c1-2-30(24(33)18-10-9-17(26)13-19(18)27)14-21(32)31-11-4-3-8-20(31)23-28-22(29-34-23)15-6-5-7-16(25)12-15/h5-7,9-10,12-13,20H,2-4,8,11,14H2,1H3. The molecule has 1 unspecified atom stereocenters. The van der Waals surface area contributed by atoms with Crippen LogP contribution < -0.4 is 0 Å². The van der Waals surface area contributed by atoms with E-state index in [4.69, 9.17) is 39.3 Å². The molecule has 2 aromatic carbocycles. The Labute approximate surface area is 212 Å². The highest BCUT2D eigenvalue weighted by atomic mass is 35.5. The third-order valence-electron chi connectivity index (χ3n) is 5.79. The van der Waals surface area contributed by atoms with Crippen molar-refractivity contribution < 1.29 is 14.1 Å². The lowest BCUT2D eigenvalue weighted by Gasteiger charge is -2.35. The Morgan fingerprint density at radius 1 is 1.12 bits per heavy atom. The molecule has 2 heterocycles. The summed E-state index contributed by atoms with van der Waals surface area (Å²) < 4.78 is 5.55. The summed E-state index contributed by atoms with van der Waals surface area (Å²) in [5.41, 5.74) is 1.04. The molecule has 1 saturated heterocycles. The molecule has 0 N–H and O–H groups in total. The number of likely N-dealkylation sites (N-methyl/N-ethyl adjacent to an activating group) is 1. The lowest BCUT2D eigenvalue weighted by Crippen LogP contribution is -2.46. The number of aromatic nitrogens is 2. The van der Waals surface area contributed by atoms with E-state index in [0.29, 0.717) is 46.8 Å². The molecule has 2 amide bonds. The summed E-state index contributed by atoms with van der Waals surface area (Å²) in [5.74, 6) is 0.274. The van der Waals surface area contributed by atoms with Crippen LogP contribution in [-0.4, -0.2) is 51.4 Å². The van der Waals surface area contributed by atoms with E-state index in [2.05, 4.69) is 10.1 Å². The quantitative estimate of drug-likeness (QED) is 0.403. The second kappa shape index (κ2) is 10.8. The van der Waals surface area contributed by atoms with Crippen LogP contribution in [0, 0.1) is 0 Å².